The van der Waals surface area contributed by atoms with Gasteiger partial charge < -0.3 is 0 Å². The number of rotatable bonds is 5. The summed E-state index contributed by atoms with van der Waals surface area (Å²) in [6, 6.07) is 23.6. The molecule has 0 amide bonds. The number of fused-ring (bicyclic) bond motifs is 2. The molecule has 1 aromatic heterocycles. The van der Waals surface area contributed by atoms with Crippen LogP contribution in [0.3, 0.4) is 0 Å². The van der Waals surface area contributed by atoms with Crippen molar-refractivity contribution in [3.63, 3.8) is 0 Å². The van der Waals surface area contributed by atoms with Gasteiger partial charge in [-0.3, -0.25) is 14.8 Å². The first kappa shape index (κ1) is 21.9. The van der Waals surface area contributed by atoms with Crippen molar-refractivity contribution in [2.75, 3.05) is 14.1 Å². The van der Waals surface area contributed by atoms with Gasteiger partial charge in [-0.2, -0.15) is 0 Å². The van der Waals surface area contributed by atoms with Crippen LogP contribution >= 0.6 is 23.2 Å². The molecule has 2 bridgehead atoms. The van der Waals surface area contributed by atoms with Crippen LogP contribution in [0.2, 0.25) is 10.0 Å². The highest BCUT2D eigenvalue weighted by molar-refractivity contribution is 6.32. The van der Waals surface area contributed by atoms with E-state index in [0.29, 0.717) is 12.1 Å². The lowest BCUT2D eigenvalue weighted by Crippen LogP contribution is -2.56. The molecule has 2 fully saturated rings. The van der Waals surface area contributed by atoms with E-state index in [0.717, 1.165) is 34.0 Å². The molecule has 0 saturated carbocycles. The second-order valence-electron chi connectivity index (χ2n) is 9.33. The summed E-state index contributed by atoms with van der Waals surface area (Å²) >= 11 is 13.5. The van der Waals surface area contributed by atoms with Gasteiger partial charge in [0.1, 0.15) is 0 Å². The molecule has 0 N–H and O–H groups in total. The third kappa shape index (κ3) is 3.66. The van der Waals surface area contributed by atoms with Crippen LogP contribution in [0, 0.1) is 0 Å². The Hall–Kier alpha value is -1.91. The summed E-state index contributed by atoms with van der Waals surface area (Å²) < 4.78 is 0. The zero-order chi connectivity index (χ0) is 22.3. The van der Waals surface area contributed by atoms with Crippen LogP contribution in [0.4, 0.5) is 0 Å². The van der Waals surface area contributed by atoms with E-state index >= 15 is 0 Å². The van der Waals surface area contributed by atoms with Gasteiger partial charge in [0, 0.05) is 28.3 Å². The van der Waals surface area contributed by atoms with Crippen LogP contribution in [-0.4, -0.2) is 41.0 Å². The molecule has 5 heteroatoms. The van der Waals surface area contributed by atoms with Gasteiger partial charge in [-0.15, -0.1) is 0 Å². The number of pyridine rings is 1. The fourth-order valence-corrected chi connectivity index (χ4v) is 6.48. The van der Waals surface area contributed by atoms with Crippen molar-refractivity contribution in [3.05, 3.63) is 99.8 Å². The summed E-state index contributed by atoms with van der Waals surface area (Å²) in [5, 5.41) is 1.59. The second-order valence-corrected chi connectivity index (χ2v) is 10.1. The largest absolute Gasteiger partial charge is 0.298 e. The molecule has 2 aliphatic rings. The third-order valence-electron chi connectivity index (χ3n) is 7.52. The fraction of sp³-hybridized carbons (Fsp3) is 0.370. The minimum atomic E-state index is -0.0604. The monoisotopic (exact) mass is 465 g/mol. The highest BCUT2D eigenvalue weighted by atomic mass is 35.5. The van der Waals surface area contributed by atoms with Gasteiger partial charge in [0.25, 0.3) is 0 Å². The summed E-state index contributed by atoms with van der Waals surface area (Å²) in [5.74, 6) is 0. The van der Waals surface area contributed by atoms with E-state index in [2.05, 4.69) is 60.3 Å². The predicted molar refractivity (Wildman–Crippen MR) is 132 cm³/mol. The van der Waals surface area contributed by atoms with Crippen molar-refractivity contribution in [3.8, 4) is 0 Å². The van der Waals surface area contributed by atoms with Crippen molar-refractivity contribution in [1.29, 1.82) is 0 Å². The minimum Gasteiger partial charge on any atom is -0.298 e. The van der Waals surface area contributed by atoms with Crippen LogP contribution in [0.5, 0.6) is 0 Å². The van der Waals surface area contributed by atoms with Crippen molar-refractivity contribution in [2.45, 2.75) is 49.3 Å². The lowest BCUT2D eigenvalue weighted by Gasteiger charge is -2.52. The zero-order valence-corrected chi connectivity index (χ0v) is 20.1. The summed E-state index contributed by atoms with van der Waals surface area (Å²) in [7, 11) is 4.40. The number of hydrogen-bond acceptors (Lipinski definition) is 3. The van der Waals surface area contributed by atoms with Crippen molar-refractivity contribution in [1.82, 2.24) is 14.8 Å². The molecule has 1 unspecified atom stereocenters. The molecule has 2 aromatic carbocycles. The molecule has 3 aromatic rings. The molecule has 32 heavy (non-hydrogen) atoms. The predicted octanol–water partition coefficient (Wildman–Crippen LogP) is 6.56. The highest BCUT2D eigenvalue weighted by Gasteiger charge is 2.53. The van der Waals surface area contributed by atoms with E-state index in [1.807, 2.05) is 36.5 Å². The molecule has 0 spiro atoms. The van der Waals surface area contributed by atoms with Crippen LogP contribution in [0.25, 0.3) is 0 Å². The average molecular weight is 466 g/mol. The zero-order valence-electron chi connectivity index (χ0n) is 18.6. The van der Waals surface area contributed by atoms with E-state index in [-0.39, 0.29) is 11.6 Å². The molecule has 166 valence electrons. The van der Waals surface area contributed by atoms with Gasteiger partial charge >= 0.3 is 0 Å². The van der Waals surface area contributed by atoms with Gasteiger partial charge in [-0.05, 0) is 75.2 Å². The van der Waals surface area contributed by atoms with Gasteiger partial charge in [0.15, 0.2) is 0 Å². The highest BCUT2D eigenvalue weighted by Crippen LogP contribution is 2.52. The number of aromatic nitrogens is 1. The topological polar surface area (TPSA) is 19.4 Å². The summed E-state index contributed by atoms with van der Waals surface area (Å²) in [4.78, 5) is 9.89. The maximum Gasteiger partial charge on any atom is 0.0658 e. The van der Waals surface area contributed by atoms with Crippen LogP contribution in [0.1, 0.15) is 48.5 Å². The first-order valence-corrected chi connectivity index (χ1v) is 12.1. The summed E-state index contributed by atoms with van der Waals surface area (Å²) in [6.45, 7) is 0. The summed E-state index contributed by atoms with van der Waals surface area (Å²) in [5.41, 5.74) is 3.38. The number of nitrogens with zero attached hydrogens (tertiary/aromatic N) is 3. The minimum absolute atomic E-state index is 0.0406. The Labute approximate surface area is 201 Å². The molecular weight excluding hydrogens is 437 g/mol. The van der Waals surface area contributed by atoms with E-state index in [9.17, 15) is 0 Å². The SMILES string of the molecule is CN(C)C1(c2ccccn2)C[C@H]2CC[C@@H](C1)N2C(c1ccccc1Cl)c1ccccc1Cl. The number of halogens is 2. The molecule has 0 radical (unpaired) electrons. The van der Waals surface area contributed by atoms with E-state index in [4.69, 9.17) is 28.2 Å². The smallest absolute Gasteiger partial charge is 0.0658 e. The first-order chi connectivity index (χ1) is 15.5. The summed E-state index contributed by atoms with van der Waals surface area (Å²) in [6.07, 6.45) is 6.36. The van der Waals surface area contributed by atoms with Crippen LogP contribution in [-0.2, 0) is 5.54 Å². The number of piperidine rings is 1. The molecule has 3 nitrogen and oxygen atoms in total. The maximum atomic E-state index is 6.77. The lowest BCUT2D eigenvalue weighted by atomic mass is 9.77. The molecule has 3 heterocycles. The van der Waals surface area contributed by atoms with Crippen molar-refractivity contribution in [2.24, 2.45) is 0 Å². The van der Waals surface area contributed by atoms with Gasteiger partial charge in [-0.1, -0.05) is 65.7 Å². The normalized spacial score (nSPS) is 25.6. The molecule has 5 rings (SSSR count). The third-order valence-corrected chi connectivity index (χ3v) is 8.21. The standard InChI is InChI=1S/C27H29Cl2N3/c1-31(2)27(25-13-7-8-16-30-25)17-19-14-15-20(18-27)32(19)26(21-9-3-5-11-23(21)28)22-10-4-6-12-24(22)29/h3-13,16,19-20,26H,14-15,17-18H2,1-2H3/t19-,20+,27?. The van der Waals surface area contributed by atoms with Gasteiger partial charge in [0.2, 0.25) is 0 Å². The lowest BCUT2D eigenvalue weighted by molar-refractivity contribution is -0.00861. The average Bonchev–Trinajstić information content (AvgIpc) is 3.06. The Morgan fingerprint density at radius 2 is 1.38 bits per heavy atom. The van der Waals surface area contributed by atoms with E-state index < -0.39 is 0 Å². The quantitative estimate of drug-likeness (QED) is 0.425. The Bertz CT molecular complexity index is 1030. The van der Waals surface area contributed by atoms with Crippen LogP contribution in [0.15, 0.2) is 72.9 Å². The fourth-order valence-electron chi connectivity index (χ4n) is 6.00. The van der Waals surface area contributed by atoms with Crippen LogP contribution < -0.4 is 0 Å². The van der Waals surface area contributed by atoms with E-state index in [1.165, 1.54) is 18.5 Å². The first-order valence-electron chi connectivity index (χ1n) is 11.4. The van der Waals surface area contributed by atoms with E-state index in [1.54, 1.807) is 0 Å². The second kappa shape index (κ2) is 8.79. The Morgan fingerprint density at radius 3 is 1.84 bits per heavy atom. The molecular formula is C27H29Cl2N3. The molecule has 0 aliphatic carbocycles. The molecule has 2 aliphatic heterocycles. The van der Waals surface area contributed by atoms with Gasteiger partial charge in [-0.25, -0.2) is 0 Å². The maximum absolute atomic E-state index is 6.77. The Balaban J connectivity index is 1.60. The molecule has 2 saturated heterocycles. The number of benzene rings is 2. The van der Waals surface area contributed by atoms with Gasteiger partial charge in [0.05, 0.1) is 17.3 Å². The Kier molecular flexibility index (Phi) is 6.02. The van der Waals surface area contributed by atoms with Crippen molar-refractivity contribution >= 4 is 23.2 Å². The molecule has 3 atom stereocenters. The Morgan fingerprint density at radius 1 is 0.844 bits per heavy atom. The number of hydrogen-bond donors (Lipinski definition) is 0. The van der Waals surface area contributed by atoms with Crippen molar-refractivity contribution < 1.29 is 0 Å².